The Bertz CT molecular complexity index is 1630. The topological polar surface area (TPSA) is 104 Å². The molecule has 2 aromatic heterocycles. The van der Waals surface area contributed by atoms with E-state index in [1.807, 2.05) is 89.6 Å². The molecule has 5 aromatic rings. The number of aromatic nitrogens is 4. The summed E-state index contributed by atoms with van der Waals surface area (Å²) in [4.78, 5) is 4.12. The predicted molar refractivity (Wildman–Crippen MR) is 138 cm³/mol. The van der Waals surface area contributed by atoms with Crippen LogP contribution in [-0.4, -0.2) is 26.4 Å². The average Bonchev–Trinajstić information content (AvgIpc) is 3.62. The predicted octanol–water partition coefficient (Wildman–Crippen LogP) is 4.95. The first-order valence-electron chi connectivity index (χ1n) is 11.7. The highest BCUT2D eigenvalue weighted by atomic mass is 16.5. The molecule has 0 spiro atoms. The van der Waals surface area contributed by atoms with E-state index in [0.29, 0.717) is 17.1 Å². The van der Waals surface area contributed by atoms with Gasteiger partial charge in [0.2, 0.25) is 11.8 Å². The zero-order chi connectivity index (χ0) is 25.4. The summed E-state index contributed by atoms with van der Waals surface area (Å²) in [5.41, 5.74) is 11.7. The summed E-state index contributed by atoms with van der Waals surface area (Å²) in [5, 5.41) is 15.1. The molecule has 8 heteroatoms. The van der Waals surface area contributed by atoms with Crippen LogP contribution in [0, 0.1) is 11.3 Å². The molecule has 180 valence electrons. The normalized spacial score (nSPS) is 14.5. The molecule has 37 heavy (non-hydrogen) atoms. The molecule has 3 aromatic carbocycles. The molecule has 0 bridgehead atoms. The van der Waals surface area contributed by atoms with Gasteiger partial charge in [-0.2, -0.15) is 15.0 Å². The summed E-state index contributed by atoms with van der Waals surface area (Å²) >= 11 is 0. The highest BCUT2D eigenvalue weighted by Crippen LogP contribution is 2.47. The summed E-state index contributed by atoms with van der Waals surface area (Å²) in [7, 11) is 1.63. The van der Waals surface area contributed by atoms with E-state index in [2.05, 4.69) is 11.1 Å². The Labute approximate surface area is 213 Å². The van der Waals surface area contributed by atoms with E-state index >= 15 is 0 Å². The van der Waals surface area contributed by atoms with Crippen molar-refractivity contribution < 1.29 is 9.47 Å². The number of fused-ring (bicyclic) bond motifs is 1. The highest BCUT2D eigenvalue weighted by molar-refractivity contribution is 5.72. The molecule has 0 fully saturated rings. The molecule has 0 radical (unpaired) electrons. The minimum Gasteiger partial charge on any atom is -0.497 e. The van der Waals surface area contributed by atoms with Crippen LogP contribution < -0.4 is 15.2 Å². The van der Waals surface area contributed by atoms with Gasteiger partial charge in [0.25, 0.3) is 0 Å². The summed E-state index contributed by atoms with van der Waals surface area (Å²) in [6.07, 6.45) is 5.35. The van der Waals surface area contributed by atoms with Crippen molar-refractivity contribution in [3.63, 3.8) is 0 Å². The molecule has 0 saturated carbocycles. The van der Waals surface area contributed by atoms with Gasteiger partial charge in [-0.25, -0.2) is 4.98 Å². The van der Waals surface area contributed by atoms with E-state index in [4.69, 9.17) is 20.3 Å². The Morgan fingerprint density at radius 2 is 1.73 bits per heavy atom. The molecule has 0 amide bonds. The van der Waals surface area contributed by atoms with Crippen molar-refractivity contribution in [3.05, 3.63) is 120 Å². The van der Waals surface area contributed by atoms with E-state index in [1.165, 1.54) is 0 Å². The van der Waals surface area contributed by atoms with Crippen molar-refractivity contribution in [2.45, 2.75) is 5.92 Å². The van der Waals surface area contributed by atoms with Crippen LogP contribution in [-0.2, 0) is 0 Å². The van der Waals surface area contributed by atoms with Crippen LogP contribution in [0.15, 0.2) is 109 Å². The first-order chi connectivity index (χ1) is 18.2. The SMILES string of the molecule is COc1ccc(-c2nn(-c3ccccc3)c3c2C(c2ccc(-n4ccnc4)cc2)C(C#N)=C(N)O3)cc1. The van der Waals surface area contributed by atoms with Crippen LogP contribution in [0.1, 0.15) is 17.0 Å². The number of methoxy groups -OCH3 is 1. The summed E-state index contributed by atoms with van der Waals surface area (Å²) in [6.45, 7) is 0. The summed E-state index contributed by atoms with van der Waals surface area (Å²) < 4.78 is 15.1. The van der Waals surface area contributed by atoms with Crippen molar-refractivity contribution in [2.24, 2.45) is 5.73 Å². The minimum absolute atomic E-state index is 0.0667. The summed E-state index contributed by atoms with van der Waals surface area (Å²) in [6, 6.07) is 27.6. The number of para-hydroxylation sites is 1. The fourth-order valence-corrected chi connectivity index (χ4v) is 4.63. The maximum absolute atomic E-state index is 10.2. The zero-order valence-corrected chi connectivity index (χ0v) is 19.9. The fourth-order valence-electron chi connectivity index (χ4n) is 4.63. The molecule has 1 aliphatic rings. The Hall–Kier alpha value is -5.29. The van der Waals surface area contributed by atoms with Gasteiger partial charge in [0.1, 0.15) is 23.1 Å². The highest BCUT2D eigenvalue weighted by Gasteiger charge is 2.37. The van der Waals surface area contributed by atoms with E-state index in [1.54, 1.807) is 24.3 Å². The van der Waals surface area contributed by atoms with Crippen LogP contribution in [0.5, 0.6) is 11.6 Å². The van der Waals surface area contributed by atoms with Gasteiger partial charge in [0, 0.05) is 23.6 Å². The number of ether oxygens (including phenoxy) is 2. The molecule has 1 atom stereocenters. The standard InChI is InChI=1S/C29H22N6O2/c1-36-23-13-9-20(10-14-23)27-26-25(19-7-11-21(12-8-19)34-16-15-32-18-34)24(17-30)28(31)37-29(26)35(33-27)22-5-3-2-4-6-22/h2-16,18,25H,31H2,1H3. The Balaban J connectivity index is 1.57. The van der Waals surface area contributed by atoms with Gasteiger partial charge < -0.3 is 19.8 Å². The lowest BCUT2D eigenvalue weighted by molar-refractivity contribution is 0.367. The monoisotopic (exact) mass is 486 g/mol. The minimum atomic E-state index is -0.472. The van der Waals surface area contributed by atoms with Gasteiger partial charge >= 0.3 is 0 Å². The van der Waals surface area contributed by atoms with Crippen molar-refractivity contribution in [2.75, 3.05) is 7.11 Å². The van der Waals surface area contributed by atoms with Crippen molar-refractivity contribution >= 4 is 0 Å². The first kappa shape index (κ1) is 22.2. The Kier molecular flexibility index (Phi) is 5.43. The second-order valence-electron chi connectivity index (χ2n) is 8.53. The maximum Gasteiger partial charge on any atom is 0.229 e. The van der Waals surface area contributed by atoms with Gasteiger partial charge in [-0.05, 0) is 54.1 Å². The molecule has 8 nitrogen and oxygen atoms in total. The quantitative estimate of drug-likeness (QED) is 0.377. The maximum atomic E-state index is 10.2. The third kappa shape index (κ3) is 3.79. The van der Waals surface area contributed by atoms with Gasteiger partial charge in [0.15, 0.2) is 0 Å². The molecule has 0 saturated heterocycles. The van der Waals surface area contributed by atoms with E-state index < -0.39 is 5.92 Å². The fraction of sp³-hybridized carbons (Fsp3) is 0.0690. The lowest BCUT2D eigenvalue weighted by Gasteiger charge is -2.25. The number of benzene rings is 3. The number of hydrogen-bond donors (Lipinski definition) is 1. The second kappa shape index (κ2) is 9.06. The Morgan fingerprint density at radius 1 is 0.973 bits per heavy atom. The van der Waals surface area contributed by atoms with Crippen LogP contribution >= 0.6 is 0 Å². The van der Waals surface area contributed by atoms with Gasteiger partial charge in [-0.3, -0.25) is 0 Å². The lowest BCUT2D eigenvalue weighted by Crippen LogP contribution is -2.22. The Morgan fingerprint density at radius 3 is 2.38 bits per heavy atom. The average molecular weight is 487 g/mol. The van der Waals surface area contributed by atoms with E-state index in [9.17, 15) is 5.26 Å². The zero-order valence-electron chi connectivity index (χ0n) is 19.9. The van der Waals surface area contributed by atoms with Crippen LogP contribution in [0.25, 0.3) is 22.6 Å². The number of nitrogens with two attached hydrogens (primary N) is 1. The lowest BCUT2D eigenvalue weighted by atomic mass is 9.83. The molecule has 1 unspecified atom stereocenters. The third-order valence-corrected chi connectivity index (χ3v) is 6.44. The van der Waals surface area contributed by atoms with Crippen molar-refractivity contribution in [1.29, 1.82) is 5.26 Å². The molecule has 3 heterocycles. The number of hydrogen-bond acceptors (Lipinski definition) is 6. The van der Waals surface area contributed by atoms with Crippen LogP contribution in [0.2, 0.25) is 0 Å². The number of allylic oxidation sites excluding steroid dienone is 1. The number of nitrogens with zero attached hydrogens (tertiary/aromatic N) is 5. The number of nitriles is 1. The molecule has 2 N–H and O–H groups in total. The smallest absolute Gasteiger partial charge is 0.229 e. The van der Waals surface area contributed by atoms with Crippen molar-refractivity contribution in [3.8, 4) is 40.3 Å². The van der Waals surface area contributed by atoms with Crippen molar-refractivity contribution in [1.82, 2.24) is 19.3 Å². The molecule has 1 aliphatic heterocycles. The van der Waals surface area contributed by atoms with E-state index in [-0.39, 0.29) is 5.88 Å². The second-order valence-corrected chi connectivity index (χ2v) is 8.53. The first-order valence-corrected chi connectivity index (χ1v) is 11.7. The van der Waals surface area contributed by atoms with E-state index in [0.717, 1.165) is 33.8 Å². The molecule has 6 rings (SSSR count). The van der Waals surface area contributed by atoms with Crippen LogP contribution in [0.3, 0.4) is 0 Å². The van der Waals surface area contributed by atoms with Gasteiger partial charge in [-0.15, -0.1) is 0 Å². The molecular formula is C29H22N6O2. The van der Waals surface area contributed by atoms with Gasteiger partial charge in [0.05, 0.1) is 30.6 Å². The molecule has 0 aliphatic carbocycles. The molecular weight excluding hydrogens is 464 g/mol. The summed E-state index contributed by atoms with van der Waals surface area (Å²) in [5.74, 6) is 0.819. The third-order valence-electron chi connectivity index (χ3n) is 6.44. The largest absolute Gasteiger partial charge is 0.497 e. The number of rotatable bonds is 5. The number of imidazole rings is 1. The van der Waals surface area contributed by atoms with Gasteiger partial charge in [-0.1, -0.05) is 30.3 Å². The van der Waals surface area contributed by atoms with Crippen LogP contribution in [0.4, 0.5) is 0 Å².